The highest BCUT2D eigenvalue weighted by Gasteiger charge is 2.39. The fourth-order valence-electron chi connectivity index (χ4n) is 2.51. The lowest BCUT2D eigenvalue weighted by Gasteiger charge is -2.22. The van der Waals surface area contributed by atoms with E-state index in [2.05, 4.69) is 21.2 Å². The van der Waals surface area contributed by atoms with E-state index < -0.39 is 17.9 Å². The highest BCUT2D eigenvalue weighted by Crippen LogP contribution is 2.26. The van der Waals surface area contributed by atoms with E-state index in [-0.39, 0.29) is 17.2 Å². The van der Waals surface area contributed by atoms with Gasteiger partial charge < -0.3 is 10.4 Å². The Hall–Kier alpha value is -2.03. The Morgan fingerprint density at radius 3 is 2.64 bits per heavy atom. The summed E-state index contributed by atoms with van der Waals surface area (Å²) in [5, 5.41) is 12.5. The molecule has 1 amide bonds. The number of thiocarbonyl (C=S) groups is 1. The molecule has 3 rings (SSSR count). The maximum Gasteiger partial charge on any atom is 0.327 e. The number of carbonyl (C=O) groups excluding carboxylic acids is 1. The van der Waals surface area contributed by atoms with E-state index in [0.717, 1.165) is 19.1 Å². The van der Waals surface area contributed by atoms with Crippen LogP contribution in [-0.4, -0.2) is 33.0 Å². The molecule has 1 unspecified atom stereocenters. The van der Waals surface area contributed by atoms with E-state index in [1.807, 2.05) is 42.5 Å². The SMILES string of the molecule is O=C(O)C(Cc1ccccc1)N1C(=O)/C(=C\c2ccc(Br)s2)NC1=S. The molecule has 1 aliphatic rings. The van der Waals surface area contributed by atoms with Crippen LogP contribution in [0.4, 0.5) is 0 Å². The standard InChI is InChI=1S/C17H13BrN2O3S2/c18-14-7-6-11(25-14)9-12-15(21)20(17(24)19-12)13(16(22)23)8-10-4-2-1-3-5-10/h1-7,9,13H,8H2,(H,19,24)(H,22,23)/b12-9+. The average molecular weight is 437 g/mol. The topological polar surface area (TPSA) is 69.6 Å². The van der Waals surface area contributed by atoms with E-state index in [4.69, 9.17) is 12.2 Å². The summed E-state index contributed by atoms with van der Waals surface area (Å²) in [4.78, 5) is 26.4. The largest absolute Gasteiger partial charge is 0.480 e. The molecule has 1 aromatic carbocycles. The lowest BCUT2D eigenvalue weighted by atomic mass is 10.0. The molecule has 1 aromatic heterocycles. The van der Waals surface area contributed by atoms with Crippen molar-refractivity contribution in [3.8, 4) is 0 Å². The van der Waals surface area contributed by atoms with E-state index in [1.165, 1.54) is 11.3 Å². The zero-order chi connectivity index (χ0) is 18.0. The quantitative estimate of drug-likeness (QED) is 0.555. The third-order valence-corrected chi connectivity index (χ3v) is 5.53. The fourth-order valence-corrected chi connectivity index (χ4v) is 4.19. The second-order valence-electron chi connectivity index (χ2n) is 5.35. The molecule has 0 aliphatic carbocycles. The second-order valence-corrected chi connectivity index (χ2v) is 8.23. The number of nitrogens with one attached hydrogen (secondary N) is 1. The minimum atomic E-state index is -1.10. The van der Waals surface area contributed by atoms with E-state index in [9.17, 15) is 14.7 Å². The summed E-state index contributed by atoms with van der Waals surface area (Å²) in [6.45, 7) is 0. The number of benzene rings is 1. The molecule has 2 aromatic rings. The minimum Gasteiger partial charge on any atom is -0.480 e. The zero-order valence-corrected chi connectivity index (χ0v) is 16.0. The Labute approximate surface area is 162 Å². The lowest BCUT2D eigenvalue weighted by molar-refractivity contribution is -0.145. The van der Waals surface area contributed by atoms with Gasteiger partial charge >= 0.3 is 5.97 Å². The predicted molar refractivity (Wildman–Crippen MR) is 104 cm³/mol. The molecule has 25 heavy (non-hydrogen) atoms. The van der Waals surface area contributed by atoms with Gasteiger partial charge in [-0.25, -0.2) is 4.79 Å². The van der Waals surface area contributed by atoms with Gasteiger partial charge in [0.05, 0.1) is 3.79 Å². The number of hydrogen-bond donors (Lipinski definition) is 2. The maximum atomic E-state index is 12.7. The van der Waals surface area contributed by atoms with Crippen LogP contribution in [0.2, 0.25) is 0 Å². The summed E-state index contributed by atoms with van der Waals surface area (Å²) in [6.07, 6.45) is 1.85. The van der Waals surface area contributed by atoms with Crippen LogP contribution in [0.15, 0.2) is 51.9 Å². The number of rotatable bonds is 5. The lowest BCUT2D eigenvalue weighted by Crippen LogP contribution is -2.46. The van der Waals surface area contributed by atoms with Crippen molar-refractivity contribution < 1.29 is 14.7 Å². The Balaban J connectivity index is 1.86. The molecule has 1 saturated heterocycles. The van der Waals surface area contributed by atoms with Crippen LogP contribution in [0.25, 0.3) is 6.08 Å². The van der Waals surface area contributed by atoms with Crippen molar-refractivity contribution in [2.75, 3.05) is 0 Å². The number of aliphatic carboxylic acids is 1. The van der Waals surface area contributed by atoms with Crippen molar-refractivity contribution in [2.24, 2.45) is 0 Å². The molecule has 2 heterocycles. The van der Waals surface area contributed by atoms with Crippen LogP contribution < -0.4 is 5.32 Å². The van der Waals surface area contributed by atoms with E-state index in [0.29, 0.717) is 0 Å². The smallest absolute Gasteiger partial charge is 0.327 e. The Morgan fingerprint density at radius 1 is 1.32 bits per heavy atom. The average Bonchev–Trinajstić information content (AvgIpc) is 3.10. The number of carbonyl (C=O) groups is 2. The maximum absolute atomic E-state index is 12.7. The molecule has 0 bridgehead atoms. The van der Waals surface area contributed by atoms with Gasteiger partial charge in [-0.1, -0.05) is 30.3 Å². The number of carboxylic acids is 1. The minimum absolute atomic E-state index is 0.107. The van der Waals surface area contributed by atoms with Crippen molar-refractivity contribution >= 4 is 62.5 Å². The number of halogens is 1. The predicted octanol–water partition coefficient (Wildman–Crippen LogP) is 3.26. The summed E-state index contributed by atoms with van der Waals surface area (Å²) in [5.74, 6) is -1.53. The number of hydrogen-bond acceptors (Lipinski definition) is 4. The van der Waals surface area contributed by atoms with Gasteiger partial charge in [0.1, 0.15) is 11.7 Å². The molecule has 128 valence electrons. The monoisotopic (exact) mass is 436 g/mol. The van der Waals surface area contributed by atoms with Crippen LogP contribution in [-0.2, 0) is 16.0 Å². The molecule has 0 radical (unpaired) electrons. The van der Waals surface area contributed by atoms with Gasteiger partial charge in [-0.05, 0) is 51.9 Å². The molecular formula is C17H13BrN2O3S2. The molecule has 0 saturated carbocycles. The van der Waals surface area contributed by atoms with Gasteiger partial charge in [-0.15, -0.1) is 11.3 Å². The highest BCUT2D eigenvalue weighted by atomic mass is 79.9. The first-order valence-corrected chi connectivity index (χ1v) is 9.36. The number of amides is 1. The van der Waals surface area contributed by atoms with Gasteiger partial charge in [0.25, 0.3) is 5.91 Å². The zero-order valence-electron chi connectivity index (χ0n) is 12.8. The number of thiophene rings is 1. The van der Waals surface area contributed by atoms with Crippen LogP contribution in [0.5, 0.6) is 0 Å². The number of nitrogens with zero attached hydrogens (tertiary/aromatic N) is 1. The van der Waals surface area contributed by atoms with Gasteiger partial charge in [0.15, 0.2) is 5.11 Å². The molecule has 1 aliphatic heterocycles. The van der Waals surface area contributed by atoms with Gasteiger partial charge in [-0.3, -0.25) is 9.69 Å². The normalized spacial score (nSPS) is 17.0. The van der Waals surface area contributed by atoms with E-state index >= 15 is 0 Å². The Kier molecular flexibility index (Phi) is 5.31. The van der Waals surface area contributed by atoms with Crippen LogP contribution in [0, 0.1) is 0 Å². The molecule has 0 spiro atoms. The molecule has 2 N–H and O–H groups in total. The molecule has 1 atom stereocenters. The van der Waals surface area contributed by atoms with Crippen molar-refractivity contribution in [1.29, 1.82) is 0 Å². The first-order chi connectivity index (χ1) is 12.0. The Bertz CT molecular complexity index is 864. The highest BCUT2D eigenvalue weighted by molar-refractivity contribution is 9.11. The summed E-state index contributed by atoms with van der Waals surface area (Å²) >= 11 is 10.0. The van der Waals surface area contributed by atoms with Crippen LogP contribution in [0.3, 0.4) is 0 Å². The Morgan fingerprint density at radius 2 is 2.04 bits per heavy atom. The van der Waals surface area contributed by atoms with Crippen molar-refractivity contribution in [3.05, 3.63) is 62.4 Å². The fraction of sp³-hybridized carbons (Fsp3) is 0.118. The van der Waals surface area contributed by atoms with E-state index in [1.54, 1.807) is 6.08 Å². The summed E-state index contributed by atoms with van der Waals surface area (Å²) in [5.41, 5.74) is 1.10. The van der Waals surface area contributed by atoms with Crippen LogP contribution in [0.1, 0.15) is 10.4 Å². The third kappa shape index (κ3) is 3.97. The van der Waals surface area contributed by atoms with Gasteiger partial charge in [0, 0.05) is 11.3 Å². The second kappa shape index (κ2) is 7.47. The molecular weight excluding hydrogens is 424 g/mol. The first kappa shape index (κ1) is 17.8. The van der Waals surface area contributed by atoms with Crippen LogP contribution >= 0.6 is 39.5 Å². The third-order valence-electron chi connectivity index (χ3n) is 3.66. The first-order valence-electron chi connectivity index (χ1n) is 7.34. The van der Waals surface area contributed by atoms with Gasteiger partial charge in [0.2, 0.25) is 0 Å². The van der Waals surface area contributed by atoms with Crippen molar-refractivity contribution in [2.45, 2.75) is 12.5 Å². The van der Waals surface area contributed by atoms with Crippen molar-refractivity contribution in [3.63, 3.8) is 0 Å². The molecule has 1 fully saturated rings. The number of carboxylic acid groups (broad SMARTS) is 1. The van der Waals surface area contributed by atoms with Gasteiger partial charge in [-0.2, -0.15) is 0 Å². The summed E-state index contributed by atoms with van der Waals surface area (Å²) in [6, 6.07) is 11.8. The molecule has 5 nitrogen and oxygen atoms in total. The summed E-state index contributed by atoms with van der Waals surface area (Å²) in [7, 11) is 0. The molecule has 8 heteroatoms. The van der Waals surface area contributed by atoms with Crippen molar-refractivity contribution in [1.82, 2.24) is 10.2 Å². The summed E-state index contributed by atoms with van der Waals surface area (Å²) < 4.78 is 0.941.